The fourth-order valence-corrected chi connectivity index (χ4v) is 4.83. The average Bonchev–Trinajstić information content (AvgIpc) is 3.16. The van der Waals surface area contributed by atoms with Crippen molar-refractivity contribution in [1.29, 1.82) is 0 Å². The van der Waals surface area contributed by atoms with E-state index in [1.807, 2.05) is 0 Å². The van der Waals surface area contributed by atoms with E-state index in [9.17, 15) is 13.2 Å². The fourth-order valence-electron chi connectivity index (χ4n) is 3.11. The van der Waals surface area contributed by atoms with E-state index in [0.717, 1.165) is 12.8 Å². The number of nitrogens with zero attached hydrogens (tertiary/aromatic N) is 1. The Morgan fingerprint density at radius 2 is 1.85 bits per heavy atom. The van der Waals surface area contributed by atoms with Gasteiger partial charge in [0.2, 0.25) is 10.0 Å². The lowest BCUT2D eigenvalue weighted by Crippen LogP contribution is -2.43. The minimum atomic E-state index is -3.54. The highest BCUT2D eigenvalue weighted by atomic mass is 32.2. The van der Waals surface area contributed by atoms with E-state index in [4.69, 9.17) is 4.74 Å². The topological polar surface area (TPSA) is 75.7 Å². The third-order valence-corrected chi connectivity index (χ3v) is 6.49. The lowest BCUT2D eigenvalue weighted by atomic mass is 10.2. The lowest BCUT2D eigenvalue weighted by molar-refractivity contribution is 0.0946. The minimum Gasteiger partial charge on any atom is -0.497 e. The molecule has 3 rings (SSSR count). The molecule has 0 spiro atoms. The number of methoxy groups -OCH3 is 1. The number of carbonyl (C=O) groups is 1. The Bertz CT molecular complexity index is 851. The number of sulfonamides is 1. The Hall–Kier alpha value is -2.38. The standard InChI is InChI=1S/C19H22N2O4S/c1-25-17-11-9-15(10-12-17)19(22)20-14-16-6-5-13-21(16)26(23,24)18-7-3-2-4-8-18/h2-4,7-12,16H,5-6,13-14H2,1H3,(H,20,22)/t16-/m1/s1. The van der Waals surface area contributed by atoms with Crippen LogP contribution in [0.1, 0.15) is 23.2 Å². The van der Waals surface area contributed by atoms with Crippen molar-refractivity contribution >= 4 is 15.9 Å². The molecule has 6 nitrogen and oxygen atoms in total. The first-order chi connectivity index (χ1) is 12.5. The van der Waals surface area contributed by atoms with Gasteiger partial charge in [0.15, 0.2) is 0 Å². The number of carbonyl (C=O) groups excluding carboxylic acids is 1. The third-order valence-electron chi connectivity index (χ3n) is 4.52. The van der Waals surface area contributed by atoms with Gasteiger partial charge in [0, 0.05) is 24.7 Å². The largest absolute Gasteiger partial charge is 0.497 e. The molecule has 2 aromatic carbocycles. The molecule has 0 aliphatic carbocycles. The molecule has 0 bridgehead atoms. The van der Waals surface area contributed by atoms with Gasteiger partial charge in [0.1, 0.15) is 5.75 Å². The predicted molar refractivity (Wildman–Crippen MR) is 98.7 cm³/mol. The summed E-state index contributed by atoms with van der Waals surface area (Å²) in [5, 5.41) is 2.85. The van der Waals surface area contributed by atoms with Crippen LogP contribution in [-0.2, 0) is 10.0 Å². The van der Waals surface area contributed by atoms with Crippen LogP contribution < -0.4 is 10.1 Å². The van der Waals surface area contributed by atoms with E-state index in [1.54, 1.807) is 61.7 Å². The summed E-state index contributed by atoms with van der Waals surface area (Å²) in [4.78, 5) is 12.6. The molecule has 26 heavy (non-hydrogen) atoms. The van der Waals surface area contributed by atoms with Crippen LogP contribution in [0.3, 0.4) is 0 Å². The zero-order valence-corrected chi connectivity index (χ0v) is 15.4. The molecule has 1 N–H and O–H groups in total. The molecular formula is C19H22N2O4S. The van der Waals surface area contributed by atoms with Gasteiger partial charge in [-0.05, 0) is 49.2 Å². The molecule has 138 valence electrons. The number of benzene rings is 2. The number of hydrogen-bond acceptors (Lipinski definition) is 4. The van der Waals surface area contributed by atoms with Crippen molar-refractivity contribution in [2.75, 3.05) is 20.2 Å². The molecule has 1 aliphatic rings. The first-order valence-electron chi connectivity index (χ1n) is 8.51. The molecule has 1 saturated heterocycles. The maximum Gasteiger partial charge on any atom is 0.251 e. The molecule has 1 amide bonds. The van der Waals surface area contributed by atoms with E-state index < -0.39 is 10.0 Å². The summed E-state index contributed by atoms with van der Waals surface area (Å²) in [6.45, 7) is 0.761. The van der Waals surface area contributed by atoms with Gasteiger partial charge in [0.05, 0.1) is 12.0 Å². The molecule has 0 unspecified atom stereocenters. The van der Waals surface area contributed by atoms with Crippen molar-refractivity contribution in [3.05, 3.63) is 60.2 Å². The number of nitrogens with one attached hydrogen (secondary N) is 1. The molecule has 0 radical (unpaired) electrons. The molecule has 1 aliphatic heterocycles. The van der Waals surface area contributed by atoms with Crippen molar-refractivity contribution in [3.8, 4) is 5.75 Å². The van der Waals surface area contributed by atoms with Gasteiger partial charge in [-0.2, -0.15) is 4.31 Å². The Balaban J connectivity index is 1.66. The zero-order chi connectivity index (χ0) is 18.6. The number of rotatable bonds is 6. The van der Waals surface area contributed by atoms with Gasteiger partial charge in [-0.25, -0.2) is 8.42 Å². The van der Waals surface area contributed by atoms with Crippen molar-refractivity contribution < 1.29 is 17.9 Å². The smallest absolute Gasteiger partial charge is 0.251 e. The van der Waals surface area contributed by atoms with Gasteiger partial charge in [-0.1, -0.05) is 18.2 Å². The molecule has 1 heterocycles. The van der Waals surface area contributed by atoms with E-state index in [0.29, 0.717) is 17.9 Å². The van der Waals surface area contributed by atoms with Crippen LogP contribution in [0.25, 0.3) is 0 Å². The summed E-state index contributed by atoms with van der Waals surface area (Å²) < 4.78 is 32.2. The number of amides is 1. The Morgan fingerprint density at radius 1 is 1.15 bits per heavy atom. The quantitative estimate of drug-likeness (QED) is 0.842. The lowest BCUT2D eigenvalue weighted by Gasteiger charge is -2.24. The van der Waals surface area contributed by atoms with E-state index in [2.05, 4.69) is 5.32 Å². The highest BCUT2D eigenvalue weighted by molar-refractivity contribution is 7.89. The summed E-state index contributed by atoms with van der Waals surface area (Å²) >= 11 is 0. The SMILES string of the molecule is COc1ccc(C(=O)NC[C@H]2CCCN2S(=O)(=O)c2ccccc2)cc1. The van der Waals surface area contributed by atoms with Crippen molar-refractivity contribution in [2.24, 2.45) is 0 Å². The summed E-state index contributed by atoms with van der Waals surface area (Å²) in [6.07, 6.45) is 1.52. The second-order valence-electron chi connectivity index (χ2n) is 6.16. The van der Waals surface area contributed by atoms with Crippen LogP contribution in [0.15, 0.2) is 59.5 Å². The van der Waals surface area contributed by atoms with Crippen LogP contribution in [0.4, 0.5) is 0 Å². The second kappa shape index (κ2) is 7.88. The maximum atomic E-state index is 12.8. The first-order valence-corrected chi connectivity index (χ1v) is 9.95. The van der Waals surface area contributed by atoms with Crippen LogP contribution in [0.5, 0.6) is 5.75 Å². The molecule has 0 saturated carbocycles. The highest BCUT2D eigenvalue weighted by Crippen LogP contribution is 2.25. The fraction of sp³-hybridized carbons (Fsp3) is 0.316. The van der Waals surface area contributed by atoms with E-state index >= 15 is 0 Å². The van der Waals surface area contributed by atoms with Gasteiger partial charge >= 0.3 is 0 Å². The second-order valence-corrected chi connectivity index (χ2v) is 8.05. The van der Waals surface area contributed by atoms with Crippen molar-refractivity contribution in [2.45, 2.75) is 23.8 Å². The molecule has 1 fully saturated rings. The van der Waals surface area contributed by atoms with Gasteiger partial charge in [-0.15, -0.1) is 0 Å². The number of ether oxygens (including phenoxy) is 1. The van der Waals surface area contributed by atoms with Gasteiger partial charge in [0.25, 0.3) is 5.91 Å². The Morgan fingerprint density at radius 3 is 2.50 bits per heavy atom. The predicted octanol–water partition coefficient (Wildman–Crippen LogP) is 2.28. The monoisotopic (exact) mass is 374 g/mol. The molecule has 0 aromatic heterocycles. The summed E-state index contributed by atoms with van der Waals surface area (Å²) in [7, 11) is -1.98. The van der Waals surface area contributed by atoms with Crippen LogP contribution in [0.2, 0.25) is 0 Å². The van der Waals surface area contributed by atoms with Crippen LogP contribution in [-0.4, -0.2) is 44.9 Å². The normalized spacial score (nSPS) is 17.8. The minimum absolute atomic E-state index is 0.225. The maximum absolute atomic E-state index is 12.8. The summed E-state index contributed by atoms with van der Waals surface area (Å²) in [5.74, 6) is 0.453. The zero-order valence-electron chi connectivity index (χ0n) is 14.6. The average molecular weight is 374 g/mol. The van der Waals surface area contributed by atoms with Crippen molar-refractivity contribution in [3.63, 3.8) is 0 Å². The van der Waals surface area contributed by atoms with Crippen LogP contribution >= 0.6 is 0 Å². The molecule has 1 atom stereocenters. The Labute approximate surface area is 153 Å². The highest BCUT2D eigenvalue weighted by Gasteiger charge is 2.35. The Kier molecular flexibility index (Phi) is 5.58. The number of hydrogen-bond donors (Lipinski definition) is 1. The van der Waals surface area contributed by atoms with Gasteiger partial charge < -0.3 is 10.1 Å². The first kappa shape index (κ1) is 18.4. The molecule has 2 aromatic rings. The van der Waals surface area contributed by atoms with Crippen molar-refractivity contribution in [1.82, 2.24) is 9.62 Å². The van der Waals surface area contributed by atoms with Crippen LogP contribution in [0, 0.1) is 0 Å². The summed E-state index contributed by atoms with van der Waals surface area (Å²) in [6, 6.07) is 15.0. The van der Waals surface area contributed by atoms with E-state index in [1.165, 1.54) is 4.31 Å². The summed E-state index contributed by atoms with van der Waals surface area (Å²) in [5.41, 5.74) is 0.515. The molecular weight excluding hydrogens is 352 g/mol. The molecule has 7 heteroatoms. The van der Waals surface area contributed by atoms with E-state index in [-0.39, 0.29) is 23.4 Å². The third kappa shape index (κ3) is 3.89. The van der Waals surface area contributed by atoms with Gasteiger partial charge in [-0.3, -0.25) is 4.79 Å².